The zero-order valence-electron chi connectivity index (χ0n) is 14.8. The Morgan fingerprint density at radius 2 is 1.84 bits per heavy atom. The number of hydrogen-bond acceptors (Lipinski definition) is 5. The summed E-state index contributed by atoms with van der Waals surface area (Å²) in [5.41, 5.74) is 2.66. The summed E-state index contributed by atoms with van der Waals surface area (Å²) in [6, 6.07) is 12.5. The summed E-state index contributed by atoms with van der Waals surface area (Å²) in [4.78, 5) is 4.65. The van der Waals surface area contributed by atoms with E-state index in [9.17, 15) is 5.11 Å². The third kappa shape index (κ3) is 4.11. The lowest BCUT2D eigenvalue weighted by Crippen LogP contribution is -2.29. The van der Waals surface area contributed by atoms with Crippen molar-refractivity contribution in [3.05, 3.63) is 47.5 Å². The minimum Gasteiger partial charge on any atom is -0.493 e. The minimum atomic E-state index is 0.203. The average molecular weight is 359 g/mol. The molecule has 0 unspecified atom stereocenters. The predicted molar refractivity (Wildman–Crippen MR) is 101 cm³/mol. The second-order valence-corrected chi connectivity index (χ2v) is 7.14. The Morgan fingerprint density at radius 1 is 1.08 bits per heavy atom. The van der Waals surface area contributed by atoms with Crippen LogP contribution in [0.3, 0.4) is 0 Å². The maximum Gasteiger partial charge on any atom is 0.174 e. The van der Waals surface area contributed by atoms with Gasteiger partial charge < -0.3 is 19.5 Å². The number of benzene rings is 2. The fourth-order valence-electron chi connectivity index (χ4n) is 3.29. The number of ether oxygens (including phenoxy) is 2. The van der Waals surface area contributed by atoms with Crippen molar-refractivity contribution in [1.82, 2.24) is 4.90 Å². The van der Waals surface area contributed by atoms with Crippen LogP contribution in [0.4, 0.5) is 0 Å². The van der Waals surface area contributed by atoms with E-state index >= 15 is 0 Å². The molecule has 4 nitrogen and oxygen atoms in total. The number of aliphatic hydroxyl groups is 1. The molecule has 1 N–H and O–H groups in total. The van der Waals surface area contributed by atoms with Crippen LogP contribution < -0.4 is 9.47 Å². The van der Waals surface area contributed by atoms with Crippen LogP contribution in [0.25, 0.3) is 0 Å². The van der Waals surface area contributed by atoms with Gasteiger partial charge in [-0.05, 0) is 42.2 Å². The number of aliphatic hydroxyl groups excluding tert-OH is 1. The fraction of sp³-hybridized carbons (Fsp3) is 0.400. The molecular formula is C20H25NO3S. The third-order valence-corrected chi connectivity index (χ3v) is 5.72. The van der Waals surface area contributed by atoms with E-state index in [0.717, 1.165) is 48.9 Å². The van der Waals surface area contributed by atoms with Gasteiger partial charge in [-0.2, -0.15) is 0 Å². The van der Waals surface area contributed by atoms with E-state index in [2.05, 4.69) is 35.2 Å². The van der Waals surface area contributed by atoms with Crippen LogP contribution in [0.1, 0.15) is 11.1 Å². The van der Waals surface area contributed by atoms with E-state index in [1.54, 1.807) is 26.0 Å². The van der Waals surface area contributed by atoms with Crippen molar-refractivity contribution in [2.75, 3.05) is 40.5 Å². The first-order valence-corrected chi connectivity index (χ1v) is 9.41. The van der Waals surface area contributed by atoms with Gasteiger partial charge in [-0.1, -0.05) is 30.0 Å². The Morgan fingerprint density at radius 3 is 2.52 bits per heavy atom. The van der Waals surface area contributed by atoms with E-state index in [1.165, 1.54) is 16.0 Å². The van der Waals surface area contributed by atoms with Crippen LogP contribution in [0.2, 0.25) is 0 Å². The maximum atomic E-state index is 9.26. The van der Waals surface area contributed by atoms with E-state index < -0.39 is 0 Å². The molecule has 2 aromatic rings. The lowest BCUT2D eigenvalue weighted by atomic mass is 10.0. The summed E-state index contributed by atoms with van der Waals surface area (Å²) in [7, 11) is 3.39. The molecule has 2 aromatic carbocycles. The molecule has 0 aliphatic carbocycles. The van der Waals surface area contributed by atoms with Crippen molar-refractivity contribution in [2.45, 2.75) is 22.6 Å². The lowest BCUT2D eigenvalue weighted by Gasteiger charge is -2.19. The Balaban J connectivity index is 2.02. The highest BCUT2D eigenvalue weighted by Crippen LogP contribution is 2.45. The number of hydrogen-bond donors (Lipinski definition) is 1. The van der Waals surface area contributed by atoms with E-state index in [4.69, 9.17) is 9.47 Å². The predicted octanol–water partition coefficient (Wildman–Crippen LogP) is 3.25. The Kier molecular flexibility index (Phi) is 6.24. The molecule has 134 valence electrons. The average Bonchev–Trinajstić information content (AvgIpc) is 2.85. The van der Waals surface area contributed by atoms with Crippen LogP contribution in [-0.4, -0.2) is 50.5 Å². The molecule has 0 atom stereocenters. The topological polar surface area (TPSA) is 41.9 Å². The molecule has 0 spiro atoms. The highest BCUT2D eigenvalue weighted by molar-refractivity contribution is 7.99. The number of β-amino-alcohol motifs (C(OH)–C–C–N with tert-alkyl or cyclic N) is 1. The zero-order valence-corrected chi connectivity index (χ0v) is 15.6. The Bertz CT molecular complexity index is 706. The van der Waals surface area contributed by atoms with Crippen LogP contribution in [0.5, 0.6) is 11.5 Å². The summed E-state index contributed by atoms with van der Waals surface area (Å²) >= 11 is 1.73. The first-order valence-electron chi connectivity index (χ1n) is 8.59. The Labute approximate surface area is 153 Å². The molecule has 0 saturated heterocycles. The summed E-state index contributed by atoms with van der Waals surface area (Å²) in [5, 5.41) is 9.26. The van der Waals surface area contributed by atoms with Crippen molar-refractivity contribution < 1.29 is 14.6 Å². The number of rotatable bonds is 6. The van der Waals surface area contributed by atoms with E-state index in [1.807, 2.05) is 6.07 Å². The van der Waals surface area contributed by atoms with Gasteiger partial charge in [0.1, 0.15) is 0 Å². The number of methoxy groups -OCH3 is 2. The Hall–Kier alpha value is -1.69. The second-order valence-electron chi connectivity index (χ2n) is 6.06. The molecule has 0 aromatic heterocycles. The van der Waals surface area contributed by atoms with Gasteiger partial charge in [0.25, 0.3) is 0 Å². The quantitative estimate of drug-likeness (QED) is 0.858. The van der Waals surface area contributed by atoms with Crippen LogP contribution in [-0.2, 0) is 12.8 Å². The highest BCUT2D eigenvalue weighted by atomic mass is 32.2. The van der Waals surface area contributed by atoms with Crippen molar-refractivity contribution in [3.8, 4) is 11.5 Å². The van der Waals surface area contributed by atoms with Gasteiger partial charge in [-0.15, -0.1) is 0 Å². The number of fused-ring (bicyclic) bond motifs is 1. The van der Waals surface area contributed by atoms with Crippen LogP contribution in [0, 0.1) is 0 Å². The smallest absolute Gasteiger partial charge is 0.174 e. The van der Waals surface area contributed by atoms with Crippen molar-refractivity contribution in [1.29, 1.82) is 0 Å². The highest BCUT2D eigenvalue weighted by Gasteiger charge is 2.23. The zero-order chi connectivity index (χ0) is 17.6. The van der Waals surface area contributed by atoms with Gasteiger partial charge in [0.05, 0.1) is 25.7 Å². The normalized spacial score (nSPS) is 14.7. The largest absolute Gasteiger partial charge is 0.493 e. The first kappa shape index (κ1) is 18.1. The maximum absolute atomic E-state index is 9.26. The van der Waals surface area contributed by atoms with Gasteiger partial charge in [0.2, 0.25) is 0 Å². The third-order valence-electron chi connectivity index (χ3n) is 4.58. The molecule has 0 amide bonds. The van der Waals surface area contributed by atoms with Crippen molar-refractivity contribution in [3.63, 3.8) is 0 Å². The van der Waals surface area contributed by atoms with Gasteiger partial charge in [-0.3, -0.25) is 0 Å². The molecule has 1 aliphatic heterocycles. The molecule has 0 radical (unpaired) electrons. The van der Waals surface area contributed by atoms with E-state index in [-0.39, 0.29) is 6.61 Å². The van der Waals surface area contributed by atoms with E-state index in [0.29, 0.717) is 0 Å². The molecular weight excluding hydrogens is 334 g/mol. The standard InChI is InChI=1S/C20H25NO3S/c1-23-18-14-15-8-10-21(12-13-22)11-9-17(15)20(19(18)24-2)25-16-6-4-3-5-7-16/h3-7,14,22H,8-13H2,1-2H3. The molecule has 0 saturated carbocycles. The fourth-order valence-corrected chi connectivity index (χ4v) is 4.45. The lowest BCUT2D eigenvalue weighted by molar-refractivity contribution is 0.201. The van der Waals surface area contributed by atoms with Crippen molar-refractivity contribution in [2.24, 2.45) is 0 Å². The summed E-state index contributed by atoms with van der Waals surface area (Å²) in [6.07, 6.45) is 1.91. The van der Waals surface area contributed by atoms with Gasteiger partial charge in [-0.25, -0.2) is 0 Å². The van der Waals surface area contributed by atoms with Crippen LogP contribution >= 0.6 is 11.8 Å². The van der Waals surface area contributed by atoms with Gasteiger partial charge in [0.15, 0.2) is 11.5 Å². The monoisotopic (exact) mass is 359 g/mol. The SMILES string of the molecule is COc1cc2c(c(Sc3ccccc3)c1OC)CCN(CCO)CC2. The molecule has 0 bridgehead atoms. The molecule has 1 heterocycles. The molecule has 1 aliphatic rings. The first-order chi connectivity index (χ1) is 12.3. The summed E-state index contributed by atoms with van der Waals surface area (Å²) in [6.45, 7) is 2.84. The van der Waals surface area contributed by atoms with Crippen molar-refractivity contribution >= 4 is 11.8 Å². The van der Waals surface area contributed by atoms with Crippen LogP contribution in [0.15, 0.2) is 46.2 Å². The van der Waals surface area contributed by atoms with Gasteiger partial charge >= 0.3 is 0 Å². The second kappa shape index (κ2) is 8.61. The summed E-state index contributed by atoms with van der Waals surface area (Å²) in [5.74, 6) is 1.60. The molecule has 0 fully saturated rings. The number of nitrogens with zero attached hydrogens (tertiary/aromatic N) is 1. The summed E-state index contributed by atoms with van der Waals surface area (Å²) < 4.78 is 11.3. The molecule has 5 heteroatoms. The van der Waals surface area contributed by atoms with Gasteiger partial charge in [0, 0.05) is 24.5 Å². The molecule has 25 heavy (non-hydrogen) atoms. The molecule has 3 rings (SSSR count). The minimum absolute atomic E-state index is 0.203.